The molecule has 8 heteroatoms. The number of imidazole rings is 1. The standard InChI is InChI=1S/C21H19ClN6O/c1-15-17(21(22)28(26-15)12-16-7-3-2-4-8-16)11-24-25-20(29)13-27-14-23-18-9-5-6-10-19(18)27/h2-11,14H,12-13H2,1H3,(H,25,29)/b24-11+. The number of carbonyl (C=O) groups is 1. The van der Waals surface area contributed by atoms with E-state index in [0.717, 1.165) is 22.3 Å². The molecule has 2 heterocycles. The average molecular weight is 407 g/mol. The Morgan fingerprint density at radius 3 is 2.76 bits per heavy atom. The van der Waals surface area contributed by atoms with Crippen molar-refractivity contribution in [3.05, 3.63) is 82.9 Å². The zero-order chi connectivity index (χ0) is 20.2. The van der Waals surface area contributed by atoms with Gasteiger partial charge in [0.2, 0.25) is 0 Å². The maximum absolute atomic E-state index is 12.2. The number of nitrogens with one attached hydrogen (secondary N) is 1. The van der Waals surface area contributed by atoms with Gasteiger partial charge < -0.3 is 4.57 Å². The van der Waals surface area contributed by atoms with E-state index in [-0.39, 0.29) is 12.5 Å². The van der Waals surface area contributed by atoms with E-state index in [1.165, 1.54) is 6.21 Å². The number of hydrazone groups is 1. The van der Waals surface area contributed by atoms with Crippen LogP contribution >= 0.6 is 11.6 Å². The lowest BCUT2D eigenvalue weighted by Crippen LogP contribution is -2.22. The molecule has 0 saturated carbocycles. The zero-order valence-corrected chi connectivity index (χ0v) is 16.5. The van der Waals surface area contributed by atoms with E-state index in [1.807, 2.05) is 61.5 Å². The summed E-state index contributed by atoms with van der Waals surface area (Å²) in [7, 11) is 0. The van der Waals surface area contributed by atoms with Crippen molar-refractivity contribution in [3.63, 3.8) is 0 Å². The summed E-state index contributed by atoms with van der Waals surface area (Å²) in [6.07, 6.45) is 3.17. The van der Waals surface area contributed by atoms with E-state index < -0.39 is 0 Å². The lowest BCUT2D eigenvalue weighted by Gasteiger charge is -2.03. The molecule has 4 aromatic rings. The summed E-state index contributed by atoms with van der Waals surface area (Å²) in [5, 5.41) is 8.99. The molecule has 0 fully saturated rings. The molecule has 2 aromatic carbocycles. The van der Waals surface area contributed by atoms with Crippen molar-refractivity contribution in [3.8, 4) is 0 Å². The first-order valence-electron chi connectivity index (χ1n) is 9.10. The Labute approximate surface area is 172 Å². The predicted octanol–water partition coefficient (Wildman–Crippen LogP) is 3.39. The summed E-state index contributed by atoms with van der Waals surface area (Å²) in [5.74, 6) is -0.255. The number of amides is 1. The highest BCUT2D eigenvalue weighted by Crippen LogP contribution is 2.19. The van der Waals surface area contributed by atoms with Crippen LogP contribution in [0.5, 0.6) is 0 Å². The van der Waals surface area contributed by atoms with Gasteiger partial charge in [0.1, 0.15) is 11.7 Å². The number of aryl methyl sites for hydroxylation is 1. The molecule has 0 aliphatic heterocycles. The Bertz CT molecular complexity index is 1180. The van der Waals surface area contributed by atoms with Crippen molar-refractivity contribution in [1.82, 2.24) is 24.8 Å². The molecule has 1 N–H and O–H groups in total. The number of hydrogen-bond acceptors (Lipinski definition) is 4. The van der Waals surface area contributed by atoms with Gasteiger partial charge in [-0.3, -0.25) is 4.79 Å². The van der Waals surface area contributed by atoms with Crippen molar-refractivity contribution in [2.45, 2.75) is 20.0 Å². The van der Waals surface area contributed by atoms with Crippen LogP contribution in [0.2, 0.25) is 5.15 Å². The van der Waals surface area contributed by atoms with E-state index in [1.54, 1.807) is 15.6 Å². The van der Waals surface area contributed by atoms with Crippen LogP contribution in [-0.2, 0) is 17.9 Å². The smallest absolute Gasteiger partial charge is 0.260 e. The van der Waals surface area contributed by atoms with Gasteiger partial charge in [-0.05, 0) is 24.6 Å². The monoisotopic (exact) mass is 406 g/mol. The summed E-state index contributed by atoms with van der Waals surface area (Å²) in [6, 6.07) is 17.6. The predicted molar refractivity (Wildman–Crippen MR) is 113 cm³/mol. The van der Waals surface area contributed by atoms with Gasteiger partial charge >= 0.3 is 0 Å². The summed E-state index contributed by atoms with van der Waals surface area (Å²) in [6.45, 7) is 2.54. The second kappa shape index (κ2) is 8.28. The molecule has 0 saturated heterocycles. The molecule has 4 rings (SSSR count). The lowest BCUT2D eigenvalue weighted by molar-refractivity contribution is -0.121. The number of benzene rings is 2. The van der Waals surface area contributed by atoms with Crippen molar-refractivity contribution in [1.29, 1.82) is 0 Å². The normalized spacial score (nSPS) is 11.4. The van der Waals surface area contributed by atoms with Crippen LogP contribution in [0.25, 0.3) is 11.0 Å². The Hall–Kier alpha value is -3.45. The Morgan fingerprint density at radius 1 is 1.17 bits per heavy atom. The van der Waals surface area contributed by atoms with E-state index in [2.05, 4.69) is 20.6 Å². The van der Waals surface area contributed by atoms with Gasteiger partial charge in [0, 0.05) is 0 Å². The largest absolute Gasteiger partial charge is 0.321 e. The van der Waals surface area contributed by atoms with Gasteiger partial charge in [-0.25, -0.2) is 15.1 Å². The molecule has 0 spiro atoms. The molecule has 2 aromatic heterocycles. The van der Waals surface area contributed by atoms with Crippen molar-refractivity contribution < 1.29 is 4.79 Å². The molecule has 146 valence electrons. The number of aromatic nitrogens is 4. The third-order valence-corrected chi connectivity index (χ3v) is 4.91. The first kappa shape index (κ1) is 18.9. The van der Waals surface area contributed by atoms with E-state index in [4.69, 9.17) is 11.6 Å². The van der Waals surface area contributed by atoms with Gasteiger partial charge in [-0.15, -0.1) is 0 Å². The van der Waals surface area contributed by atoms with Crippen LogP contribution in [0.3, 0.4) is 0 Å². The topological polar surface area (TPSA) is 77.1 Å². The third-order valence-electron chi connectivity index (χ3n) is 4.51. The van der Waals surface area contributed by atoms with Crippen LogP contribution < -0.4 is 5.43 Å². The Morgan fingerprint density at radius 2 is 1.93 bits per heavy atom. The second-order valence-electron chi connectivity index (χ2n) is 6.59. The number of nitrogens with zero attached hydrogens (tertiary/aromatic N) is 5. The summed E-state index contributed by atoms with van der Waals surface area (Å²) >= 11 is 6.46. The van der Waals surface area contributed by atoms with Crippen LogP contribution in [0.1, 0.15) is 16.8 Å². The van der Waals surface area contributed by atoms with Crippen molar-refractivity contribution in [2.24, 2.45) is 5.10 Å². The number of rotatable bonds is 6. The van der Waals surface area contributed by atoms with Gasteiger partial charge in [0.25, 0.3) is 5.91 Å². The SMILES string of the molecule is Cc1nn(Cc2ccccc2)c(Cl)c1/C=N/NC(=O)Cn1cnc2ccccc21. The molecule has 0 aliphatic rings. The highest BCUT2D eigenvalue weighted by molar-refractivity contribution is 6.32. The fraction of sp³-hybridized carbons (Fsp3) is 0.143. The molecule has 1 amide bonds. The molecule has 29 heavy (non-hydrogen) atoms. The maximum Gasteiger partial charge on any atom is 0.260 e. The lowest BCUT2D eigenvalue weighted by atomic mass is 10.2. The first-order valence-corrected chi connectivity index (χ1v) is 9.48. The van der Waals surface area contributed by atoms with Gasteiger partial charge in [0.15, 0.2) is 0 Å². The molecule has 7 nitrogen and oxygen atoms in total. The number of hydrogen-bond donors (Lipinski definition) is 1. The number of halogens is 1. The average Bonchev–Trinajstić information content (AvgIpc) is 3.25. The fourth-order valence-electron chi connectivity index (χ4n) is 3.07. The minimum absolute atomic E-state index is 0.123. The maximum atomic E-state index is 12.2. The minimum Gasteiger partial charge on any atom is -0.321 e. The Kier molecular flexibility index (Phi) is 5.39. The van der Waals surface area contributed by atoms with Gasteiger partial charge in [-0.1, -0.05) is 54.1 Å². The number of carbonyl (C=O) groups excluding carboxylic acids is 1. The van der Waals surface area contributed by atoms with E-state index in [0.29, 0.717) is 17.3 Å². The van der Waals surface area contributed by atoms with Crippen molar-refractivity contribution >= 4 is 34.8 Å². The van der Waals surface area contributed by atoms with Crippen LogP contribution in [-0.4, -0.2) is 31.5 Å². The highest BCUT2D eigenvalue weighted by atomic mass is 35.5. The molecular weight excluding hydrogens is 388 g/mol. The zero-order valence-electron chi connectivity index (χ0n) is 15.8. The van der Waals surface area contributed by atoms with Crippen LogP contribution in [0, 0.1) is 6.92 Å². The molecular formula is C21H19ClN6O. The number of para-hydroxylation sites is 2. The molecule has 0 bridgehead atoms. The molecule has 0 aliphatic carbocycles. The Balaban J connectivity index is 1.42. The molecule has 0 unspecified atom stereocenters. The van der Waals surface area contributed by atoms with E-state index in [9.17, 15) is 4.79 Å². The summed E-state index contributed by atoms with van der Waals surface area (Å²) in [5.41, 5.74) is 6.79. The highest BCUT2D eigenvalue weighted by Gasteiger charge is 2.12. The molecule has 0 radical (unpaired) electrons. The van der Waals surface area contributed by atoms with Crippen molar-refractivity contribution in [2.75, 3.05) is 0 Å². The number of fused-ring (bicyclic) bond motifs is 1. The quantitative estimate of drug-likeness (QED) is 0.394. The second-order valence-corrected chi connectivity index (χ2v) is 6.95. The van der Waals surface area contributed by atoms with Crippen LogP contribution in [0.15, 0.2) is 66.0 Å². The van der Waals surface area contributed by atoms with Gasteiger partial charge in [0.05, 0.1) is 41.4 Å². The minimum atomic E-state index is -0.255. The van der Waals surface area contributed by atoms with Crippen LogP contribution in [0.4, 0.5) is 0 Å². The van der Waals surface area contributed by atoms with Gasteiger partial charge in [-0.2, -0.15) is 10.2 Å². The third kappa shape index (κ3) is 4.20. The summed E-state index contributed by atoms with van der Waals surface area (Å²) < 4.78 is 3.49. The molecule has 0 atom stereocenters. The fourth-order valence-corrected chi connectivity index (χ4v) is 3.35. The first-order chi connectivity index (χ1) is 14.1. The van der Waals surface area contributed by atoms with E-state index >= 15 is 0 Å². The summed E-state index contributed by atoms with van der Waals surface area (Å²) in [4.78, 5) is 16.5.